The molecule has 182 valence electrons. The Morgan fingerprint density at radius 3 is 2.32 bits per heavy atom. The molecule has 0 spiro atoms. The predicted octanol–water partition coefficient (Wildman–Crippen LogP) is 4.27. The van der Waals surface area contributed by atoms with Gasteiger partial charge in [-0.05, 0) is 67.9 Å². The minimum atomic E-state index is -4.53. The van der Waals surface area contributed by atoms with Crippen molar-refractivity contribution in [2.75, 3.05) is 19.6 Å². The number of alkyl halides is 3. The molecule has 2 aromatic carbocycles. The van der Waals surface area contributed by atoms with Gasteiger partial charge in [-0.25, -0.2) is 0 Å². The Balaban J connectivity index is 1.17. The van der Waals surface area contributed by atoms with E-state index in [1.165, 1.54) is 31.4 Å². The fraction of sp³-hybridized carbons (Fsp3) is 0.462. The van der Waals surface area contributed by atoms with Gasteiger partial charge in [-0.15, -0.1) is 0 Å². The molecule has 0 bridgehead atoms. The number of carbonyl (C=O) groups excluding carboxylic acids is 2. The van der Waals surface area contributed by atoms with Crippen molar-refractivity contribution < 1.29 is 22.8 Å². The van der Waals surface area contributed by atoms with Crippen molar-refractivity contribution in [2.24, 2.45) is 0 Å². The minimum Gasteiger partial charge on any atom is -0.349 e. The average Bonchev–Trinajstić information content (AvgIpc) is 2.79. The van der Waals surface area contributed by atoms with Gasteiger partial charge in [0.2, 0.25) is 5.91 Å². The summed E-state index contributed by atoms with van der Waals surface area (Å²) >= 11 is 0. The van der Waals surface area contributed by atoms with Crippen LogP contribution in [-0.4, -0.2) is 48.4 Å². The summed E-state index contributed by atoms with van der Waals surface area (Å²) in [6.45, 7) is 2.79. The van der Waals surface area contributed by atoms with E-state index in [0.29, 0.717) is 17.5 Å². The molecular weight excluding hydrogens is 443 g/mol. The van der Waals surface area contributed by atoms with Crippen LogP contribution in [0.25, 0.3) is 0 Å². The second-order valence-corrected chi connectivity index (χ2v) is 9.40. The number of amides is 2. The van der Waals surface area contributed by atoms with Crippen LogP contribution in [0, 0.1) is 6.92 Å². The molecular formula is C26H30F3N3O2. The largest absolute Gasteiger partial charge is 0.416 e. The number of rotatable bonds is 6. The summed E-state index contributed by atoms with van der Waals surface area (Å²) in [6.07, 6.45) is 0.0984. The highest BCUT2D eigenvalue weighted by Crippen LogP contribution is 2.36. The SMILES string of the molecule is Cc1cc(C(=O)NCC(=O)NC2CN(C3CCC(c4ccccc4)CC3)C2)cc(C(F)(F)F)c1. The molecule has 2 N–H and O–H groups in total. The average molecular weight is 474 g/mol. The summed E-state index contributed by atoms with van der Waals surface area (Å²) in [7, 11) is 0. The van der Waals surface area contributed by atoms with Gasteiger partial charge in [0.1, 0.15) is 0 Å². The summed E-state index contributed by atoms with van der Waals surface area (Å²) in [5, 5.41) is 5.32. The fourth-order valence-corrected chi connectivity index (χ4v) is 5.02. The van der Waals surface area contributed by atoms with E-state index >= 15 is 0 Å². The number of hydrogen-bond acceptors (Lipinski definition) is 3. The van der Waals surface area contributed by atoms with E-state index in [9.17, 15) is 22.8 Å². The van der Waals surface area contributed by atoms with Gasteiger partial charge < -0.3 is 10.6 Å². The summed E-state index contributed by atoms with van der Waals surface area (Å²) in [4.78, 5) is 26.9. The van der Waals surface area contributed by atoms with Crippen molar-refractivity contribution in [3.05, 3.63) is 70.8 Å². The standard InChI is InChI=1S/C26H30F3N3O2/c1-17-11-20(13-21(12-17)26(27,28)29)25(34)30-14-24(33)31-22-15-32(16-22)23-9-7-19(8-10-23)18-5-3-2-4-6-18/h2-6,11-13,19,22-23H,7-10,14-16H2,1H3,(H,30,34)(H,31,33). The van der Waals surface area contributed by atoms with Gasteiger partial charge >= 0.3 is 6.18 Å². The van der Waals surface area contributed by atoms with Crippen LogP contribution in [0.1, 0.15) is 58.6 Å². The maximum atomic E-state index is 13.0. The highest BCUT2D eigenvalue weighted by atomic mass is 19.4. The van der Waals surface area contributed by atoms with E-state index in [4.69, 9.17) is 0 Å². The second kappa shape index (κ2) is 10.2. The number of likely N-dealkylation sites (tertiary alicyclic amines) is 1. The topological polar surface area (TPSA) is 61.4 Å². The van der Waals surface area contributed by atoms with Crippen molar-refractivity contribution in [3.63, 3.8) is 0 Å². The first-order valence-electron chi connectivity index (χ1n) is 11.7. The smallest absolute Gasteiger partial charge is 0.349 e. The lowest BCUT2D eigenvalue weighted by atomic mass is 9.80. The van der Waals surface area contributed by atoms with E-state index in [2.05, 4.69) is 39.8 Å². The minimum absolute atomic E-state index is 0.0343. The maximum Gasteiger partial charge on any atom is 0.416 e. The molecule has 1 aliphatic carbocycles. The van der Waals surface area contributed by atoms with Gasteiger partial charge in [0.25, 0.3) is 5.91 Å². The van der Waals surface area contributed by atoms with Crippen LogP contribution >= 0.6 is 0 Å². The predicted molar refractivity (Wildman–Crippen MR) is 123 cm³/mol. The number of benzene rings is 2. The number of carbonyl (C=O) groups is 2. The summed E-state index contributed by atoms with van der Waals surface area (Å²) < 4.78 is 38.9. The highest BCUT2D eigenvalue weighted by molar-refractivity contribution is 5.96. The molecule has 1 saturated heterocycles. The molecule has 2 aliphatic rings. The maximum absolute atomic E-state index is 13.0. The first-order valence-corrected chi connectivity index (χ1v) is 11.7. The Bertz CT molecular complexity index is 1010. The molecule has 0 aromatic heterocycles. The summed E-state index contributed by atoms with van der Waals surface area (Å²) in [5.74, 6) is -0.414. The van der Waals surface area contributed by atoms with Crippen LogP contribution in [0.3, 0.4) is 0 Å². The lowest BCUT2D eigenvalue weighted by molar-refractivity contribution is -0.137. The summed E-state index contributed by atoms with van der Waals surface area (Å²) in [6, 6.07) is 14.4. The zero-order valence-corrected chi connectivity index (χ0v) is 19.2. The number of halogens is 3. The molecule has 0 unspecified atom stereocenters. The van der Waals surface area contributed by atoms with E-state index in [0.717, 1.165) is 38.1 Å². The van der Waals surface area contributed by atoms with Crippen LogP contribution in [0.5, 0.6) is 0 Å². The monoisotopic (exact) mass is 473 g/mol. The van der Waals surface area contributed by atoms with Gasteiger partial charge in [-0.3, -0.25) is 14.5 Å². The van der Waals surface area contributed by atoms with Crippen molar-refractivity contribution in [2.45, 2.75) is 56.8 Å². The Labute approximate surface area is 197 Å². The third-order valence-corrected chi connectivity index (χ3v) is 6.84. The molecule has 0 radical (unpaired) electrons. The molecule has 2 fully saturated rings. The molecule has 1 aliphatic heterocycles. The van der Waals surface area contributed by atoms with E-state index in [1.54, 1.807) is 0 Å². The molecule has 5 nitrogen and oxygen atoms in total. The van der Waals surface area contributed by atoms with Crippen LogP contribution in [0.4, 0.5) is 13.2 Å². The van der Waals surface area contributed by atoms with Crippen LogP contribution in [-0.2, 0) is 11.0 Å². The molecule has 8 heteroatoms. The number of nitrogens with one attached hydrogen (secondary N) is 2. The summed E-state index contributed by atoms with van der Waals surface area (Å²) in [5.41, 5.74) is 0.754. The first kappa shape index (κ1) is 24.3. The van der Waals surface area contributed by atoms with Gasteiger partial charge in [-0.1, -0.05) is 30.3 Å². The molecule has 34 heavy (non-hydrogen) atoms. The normalized spacial score (nSPS) is 21.5. The lowest BCUT2D eigenvalue weighted by Gasteiger charge is -2.46. The third kappa shape index (κ3) is 5.97. The van der Waals surface area contributed by atoms with E-state index in [-0.39, 0.29) is 24.1 Å². The number of nitrogens with zero attached hydrogens (tertiary/aromatic N) is 1. The Morgan fingerprint density at radius 2 is 1.68 bits per heavy atom. The Hall–Kier alpha value is -2.87. The lowest BCUT2D eigenvalue weighted by Crippen LogP contribution is -2.63. The van der Waals surface area contributed by atoms with Crippen molar-refractivity contribution >= 4 is 11.8 Å². The zero-order valence-electron chi connectivity index (χ0n) is 19.2. The van der Waals surface area contributed by atoms with Crippen LogP contribution < -0.4 is 10.6 Å². The van der Waals surface area contributed by atoms with Gasteiger partial charge in [0.05, 0.1) is 18.2 Å². The number of aryl methyl sites for hydroxylation is 1. The molecule has 2 aromatic rings. The molecule has 1 heterocycles. The second-order valence-electron chi connectivity index (χ2n) is 9.40. The Kier molecular flexibility index (Phi) is 7.26. The van der Waals surface area contributed by atoms with E-state index in [1.807, 2.05) is 6.07 Å². The van der Waals surface area contributed by atoms with E-state index < -0.39 is 17.6 Å². The van der Waals surface area contributed by atoms with Crippen LogP contribution in [0.15, 0.2) is 48.5 Å². The molecule has 1 saturated carbocycles. The van der Waals surface area contributed by atoms with Crippen molar-refractivity contribution in [3.8, 4) is 0 Å². The van der Waals surface area contributed by atoms with Crippen molar-refractivity contribution in [1.29, 1.82) is 0 Å². The highest BCUT2D eigenvalue weighted by Gasteiger charge is 2.35. The van der Waals surface area contributed by atoms with Gasteiger partial charge in [0.15, 0.2) is 0 Å². The zero-order chi connectivity index (χ0) is 24.3. The fourth-order valence-electron chi connectivity index (χ4n) is 5.02. The van der Waals surface area contributed by atoms with Crippen molar-refractivity contribution in [1.82, 2.24) is 15.5 Å². The van der Waals surface area contributed by atoms with Crippen LogP contribution in [0.2, 0.25) is 0 Å². The number of hydrogen-bond donors (Lipinski definition) is 2. The molecule has 0 atom stereocenters. The third-order valence-electron chi connectivity index (χ3n) is 6.84. The molecule has 2 amide bonds. The van der Waals surface area contributed by atoms with Gasteiger partial charge in [-0.2, -0.15) is 13.2 Å². The Morgan fingerprint density at radius 1 is 1.00 bits per heavy atom. The molecule has 4 rings (SSSR count). The first-order chi connectivity index (χ1) is 16.2. The quantitative estimate of drug-likeness (QED) is 0.659. The van der Waals surface area contributed by atoms with Gasteiger partial charge in [0, 0.05) is 24.7 Å².